The van der Waals surface area contributed by atoms with Crippen molar-refractivity contribution in [3.8, 4) is 0 Å². The van der Waals surface area contributed by atoms with Crippen molar-refractivity contribution >= 4 is 15.9 Å². The van der Waals surface area contributed by atoms with Gasteiger partial charge in [-0.15, -0.1) is 0 Å². The number of hydrogen-bond donors (Lipinski definition) is 1. The molecule has 0 saturated carbocycles. The number of alkyl carbamates (subject to hydrolysis) is 1. The van der Waals surface area contributed by atoms with Gasteiger partial charge in [-0.2, -0.15) is 0 Å². The third kappa shape index (κ3) is 7.86. The third-order valence-electron chi connectivity index (χ3n) is 3.86. The first-order chi connectivity index (χ1) is 12.7. The fraction of sp³-hybridized carbons (Fsp3) is 0.632. The van der Waals surface area contributed by atoms with Crippen molar-refractivity contribution in [3.63, 3.8) is 0 Å². The Morgan fingerprint density at radius 3 is 2.56 bits per heavy atom. The monoisotopic (exact) mass is 399 g/mol. The van der Waals surface area contributed by atoms with Crippen molar-refractivity contribution in [2.45, 2.75) is 62.9 Å². The summed E-state index contributed by atoms with van der Waals surface area (Å²) < 4.78 is 41.8. The van der Waals surface area contributed by atoms with Gasteiger partial charge in [0.05, 0.1) is 23.3 Å². The van der Waals surface area contributed by atoms with Gasteiger partial charge in [0.15, 0.2) is 16.1 Å². The molecule has 1 aromatic carbocycles. The number of carbonyl (C=O) groups excluding carboxylic acids is 1. The molecule has 1 N–H and O–H groups in total. The van der Waals surface area contributed by atoms with E-state index in [4.69, 9.17) is 14.2 Å². The predicted molar refractivity (Wildman–Crippen MR) is 101 cm³/mol. The number of benzene rings is 1. The molecule has 1 aliphatic rings. The van der Waals surface area contributed by atoms with Crippen molar-refractivity contribution in [2.24, 2.45) is 0 Å². The highest BCUT2D eigenvalue weighted by Gasteiger charge is 2.27. The molecular weight excluding hydrogens is 370 g/mol. The predicted octanol–water partition coefficient (Wildman–Crippen LogP) is 2.90. The van der Waals surface area contributed by atoms with E-state index in [-0.39, 0.29) is 23.5 Å². The average molecular weight is 400 g/mol. The van der Waals surface area contributed by atoms with Crippen LogP contribution in [0.25, 0.3) is 0 Å². The van der Waals surface area contributed by atoms with E-state index < -0.39 is 27.6 Å². The summed E-state index contributed by atoms with van der Waals surface area (Å²) in [5.41, 5.74) is -0.680. The van der Waals surface area contributed by atoms with Crippen molar-refractivity contribution in [1.82, 2.24) is 5.32 Å². The second kappa shape index (κ2) is 9.52. The van der Waals surface area contributed by atoms with Crippen molar-refractivity contribution in [1.29, 1.82) is 0 Å². The van der Waals surface area contributed by atoms with Crippen LogP contribution < -0.4 is 5.32 Å². The second-order valence-electron chi connectivity index (χ2n) is 7.57. The largest absolute Gasteiger partial charge is 0.444 e. The lowest BCUT2D eigenvalue weighted by Gasteiger charge is -2.27. The van der Waals surface area contributed by atoms with E-state index in [2.05, 4.69) is 5.32 Å². The molecule has 1 saturated heterocycles. The fourth-order valence-electron chi connectivity index (χ4n) is 2.66. The van der Waals surface area contributed by atoms with Crippen LogP contribution in [0.3, 0.4) is 0 Å². The molecule has 7 nitrogen and oxygen atoms in total. The van der Waals surface area contributed by atoms with Gasteiger partial charge in [0.2, 0.25) is 0 Å². The van der Waals surface area contributed by atoms with Crippen LogP contribution in [-0.2, 0) is 24.0 Å². The molecule has 27 heavy (non-hydrogen) atoms. The van der Waals surface area contributed by atoms with Gasteiger partial charge in [0.1, 0.15) is 5.60 Å². The molecule has 152 valence electrons. The first-order valence-electron chi connectivity index (χ1n) is 9.16. The number of carbonyl (C=O) groups is 1. The minimum absolute atomic E-state index is 0.0238. The number of ether oxygens (including phenoxy) is 3. The molecule has 1 heterocycles. The molecule has 0 radical (unpaired) electrons. The molecule has 1 unspecified atom stereocenters. The van der Waals surface area contributed by atoms with E-state index in [0.29, 0.717) is 6.61 Å². The maximum Gasteiger partial charge on any atom is 0.407 e. The summed E-state index contributed by atoms with van der Waals surface area (Å²) in [6, 6.07) is 7.38. The van der Waals surface area contributed by atoms with E-state index in [1.54, 1.807) is 39.0 Å². The Hall–Kier alpha value is -1.64. The van der Waals surface area contributed by atoms with E-state index in [1.165, 1.54) is 12.1 Å². The van der Waals surface area contributed by atoms with Crippen molar-refractivity contribution in [3.05, 3.63) is 30.3 Å². The summed E-state index contributed by atoms with van der Waals surface area (Å²) in [6.45, 7) is 5.88. The molecule has 1 aliphatic heterocycles. The summed E-state index contributed by atoms with van der Waals surface area (Å²) in [5, 5.41) is 2.62. The molecule has 8 heteroatoms. The lowest BCUT2D eigenvalue weighted by molar-refractivity contribution is -0.164. The van der Waals surface area contributed by atoms with Crippen LogP contribution in [0.4, 0.5) is 4.79 Å². The van der Waals surface area contributed by atoms with Crippen LogP contribution in [0.2, 0.25) is 0 Å². The smallest absolute Gasteiger partial charge is 0.407 e. The summed E-state index contributed by atoms with van der Waals surface area (Å²) >= 11 is 0. The zero-order chi connectivity index (χ0) is 19.9. The summed E-state index contributed by atoms with van der Waals surface area (Å²) in [6.07, 6.45) is 1.69. The number of sulfone groups is 1. The fourth-order valence-corrected chi connectivity index (χ4v) is 4.13. The SMILES string of the molecule is CC(C)(C)OC(=O)N[C@H](COC1CCCCO1)CS(=O)(=O)c1ccccc1. The van der Waals surface area contributed by atoms with Crippen molar-refractivity contribution < 1.29 is 27.4 Å². The van der Waals surface area contributed by atoms with Gasteiger partial charge in [-0.3, -0.25) is 0 Å². The summed E-state index contributed by atoms with van der Waals surface area (Å²) in [4.78, 5) is 12.3. The molecule has 2 atom stereocenters. The van der Waals surface area contributed by atoms with Crippen LogP contribution in [0.1, 0.15) is 40.0 Å². The van der Waals surface area contributed by atoms with Crippen LogP contribution in [0, 0.1) is 0 Å². The maximum absolute atomic E-state index is 12.7. The highest BCUT2D eigenvalue weighted by atomic mass is 32.2. The van der Waals surface area contributed by atoms with Gasteiger partial charge in [0.25, 0.3) is 0 Å². The zero-order valence-corrected chi connectivity index (χ0v) is 17.0. The average Bonchev–Trinajstić information content (AvgIpc) is 2.59. The molecule has 0 bridgehead atoms. The van der Waals surface area contributed by atoms with Crippen LogP contribution in [-0.4, -0.2) is 51.4 Å². The van der Waals surface area contributed by atoms with Gasteiger partial charge in [0, 0.05) is 6.61 Å². The minimum atomic E-state index is -3.59. The van der Waals surface area contributed by atoms with Gasteiger partial charge < -0.3 is 19.5 Å². The molecule has 0 aliphatic carbocycles. The standard InChI is InChI=1S/C19H29NO6S/c1-19(2,3)26-18(21)20-15(13-25-17-11-7-8-12-24-17)14-27(22,23)16-9-5-4-6-10-16/h4-6,9-10,15,17H,7-8,11-14H2,1-3H3,(H,20,21)/t15-,17?/m1/s1. The Morgan fingerprint density at radius 2 is 1.96 bits per heavy atom. The Labute approximate surface area is 161 Å². The van der Waals surface area contributed by atoms with Crippen LogP contribution >= 0.6 is 0 Å². The third-order valence-corrected chi connectivity index (χ3v) is 5.70. The Morgan fingerprint density at radius 1 is 1.26 bits per heavy atom. The number of rotatable bonds is 7. The molecule has 0 spiro atoms. The van der Waals surface area contributed by atoms with Gasteiger partial charge >= 0.3 is 6.09 Å². The summed E-state index contributed by atoms with van der Waals surface area (Å²) in [5.74, 6) is -0.289. The molecule has 1 aromatic rings. The van der Waals surface area contributed by atoms with Crippen molar-refractivity contribution in [2.75, 3.05) is 19.0 Å². The first-order valence-corrected chi connectivity index (χ1v) is 10.8. The summed E-state index contributed by atoms with van der Waals surface area (Å²) in [7, 11) is -3.59. The molecule has 2 rings (SSSR count). The molecule has 1 amide bonds. The topological polar surface area (TPSA) is 90.9 Å². The normalized spacial score (nSPS) is 19.3. The van der Waals surface area contributed by atoms with E-state index in [1.807, 2.05) is 0 Å². The van der Waals surface area contributed by atoms with Gasteiger partial charge in [-0.25, -0.2) is 13.2 Å². The molecule has 1 fully saturated rings. The molecular formula is C19H29NO6S. The zero-order valence-electron chi connectivity index (χ0n) is 16.1. The Balaban J connectivity index is 2.04. The maximum atomic E-state index is 12.7. The first kappa shape index (κ1) is 21.7. The lowest BCUT2D eigenvalue weighted by atomic mass is 10.2. The highest BCUT2D eigenvalue weighted by molar-refractivity contribution is 7.91. The number of hydrogen-bond acceptors (Lipinski definition) is 6. The Bertz CT molecular complexity index is 693. The highest BCUT2D eigenvalue weighted by Crippen LogP contribution is 2.16. The lowest BCUT2D eigenvalue weighted by Crippen LogP contribution is -2.46. The van der Waals surface area contributed by atoms with Gasteiger partial charge in [-0.1, -0.05) is 18.2 Å². The van der Waals surface area contributed by atoms with E-state index >= 15 is 0 Å². The Kier molecular flexibility index (Phi) is 7.64. The van der Waals surface area contributed by atoms with Gasteiger partial charge in [-0.05, 0) is 52.2 Å². The molecule has 0 aromatic heterocycles. The number of amides is 1. The van der Waals surface area contributed by atoms with Crippen LogP contribution in [0.15, 0.2) is 35.2 Å². The minimum Gasteiger partial charge on any atom is -0.444 e. The quantitative estimate of drug-likeness (QED) is 0.758. The number of nitrogens with one attached hydrogen (secondary N) is 1. The van der Waals surface area contributed by atoms with Crippen LogP contribution in [0.5, 0.6) is 0 Å². The van der Waals surface area contributed by atoms with E-state index in [9.17, 15) is 13.2 Å². The van der Waals surface area contributed by atoms with E-state index in [0.717, 1.165) is 19.3 Å². The second-order valence-corrected chi connectivity index (χ2v) is 9.60.